The van der Waals surface area contributed by atoms with Crippen molar-refractivity contribution in [2.45, 2.75) is 74.1 Å². The van der Waals surface area contributed by atoms with Gasteiger partial charge in [0.25, 0.3) is 0 Å². The third kappa shape index (κ3) is 5.98. The Labute approximate surface area is 245 Å². The molecule has 3 aromatic rings. The van der Waals surface area contributed by atoms with Gasteiger partial charge in [-0.3, -0.25) is 4.79 Å². The number of aryl methyl sites for hydroxylation is 1. The second-order valence-corrected chi connectivity index (χ2v) is 13.2. The van der Waals surface area contributed by atoms with Crippen molar-refractivity contribution in [3.63, 3.8) is 0 Å². The molecule has 0 saturated heterocycles. The van der Waals surface area contributed by atoms with E-state index < -0.39 is 50.2 Å². The number of sulfonamides is 1. The lowest BCUT2D eigenvalue weighted by molar-refractivity contribution is -0.137. The molecule has 1 fully saturated rings. The third-order valence-corrected chi connectivity index (χ3v) is 10.5. The summed E-state index contributed by atoms with van der Waals surface area (Å²) in [6.45, 7) is 2.62. The van der Waals surface area contributed by atoms with Crippen LogP contribution in [-0.4, -0.2) is 31.2 Å². The van der Waals surface area contributed by atoms with Gasteiger partial charge < -0.3 is 11.1 Å². The number of alkyl halides is 3. The number of carbonyl (C=O) groups is 1. The van der Waals surface area contributed by atoms with Gasteiger partial charge in [0.05, 0.1) is 22.0 Å². The normalized spacial score (nSPS) is 20.6. The lowest BCUT2D eigenvalue weighted by Gasteiger charge is -2.53. The van der Waals surface area contributed by atoms with Crippen molar-refractivity contribution in [1.29, 1.82) is 0 Å². The number of benzene rings is 3. The van der Waals surface area contributed by atoms with Gasteiger partial charge in [0.15, 0.2) is 0 Å². The van der Waals surface area contributed by atoms with Crippen LogP contribution < -0.4 is 11.1 Å². The van der Waals surface area contributed by atoms with Gasteiger partial charge in [0.1, 0.15) is 0 Å². The van der Waals surface area contributed by atoms with E-state index in [-0.39, 0.29) is 6.42 Å². The molecule has 0 radical (unpaired) electrons. The predicted molar refractivity (Wildman–Crippen MR) is 155 cm³/mol. The molecule has 2 aliphatic rings. The first-order valence-corrected chi connectivity index (χ1v) is 15.8. The van der Waals surface area contributed by atoms with Crippen molar-refractivity contribution in [1.82, 2.24) is 9.62 Å². The number of primary amides is 1. The molecule has 0 aromatic heterocycles. The first-order valence-electron chi connectivity index (χ1n) is 14.3. The van der Waals surface area contributed by atoms with Crippen LogP contribution in [0, 0.1) is 5.92 Å². The number of carbonyl (C=O) groups excluding carboxylic acids is 1. The van der Waals surface area contributed by atoms with Crippen LogP contribution in [0.5, 0.6) is 0 Å². The second kappa shape index (κ2) is 11.8. The first-order chi connectivity index (χ1) is 19.9. The van der Waals surface area contributed by atoms with Crippen LogP contribution in [0.25, 0.3) is 0 Å². The summed E-state index contributed by atoms with van der Waals surface area (Å²) in [6.07, 6.45) is -1.12. The highest BCUT2D eigenvalue weighted by Crippen LogP contribution is 2.50. The Morgan fingerprint density at radius 1 is 1.05 bits per heavy atom. The molecule has 0 unspecified atom stereocenters. The third-order valence-electron chi connectivity index (χ3n) is 8.59. The zero-order valence-electron chi connectivity index (χ0n) is 23.5. The molecular formula is C32H36F3N3O3S. The minimum Gasteiger partial charge on any atom is -0.370 e. The summed E-state index contributed by atoms with van der Waals surface area (Å²) in [5, 5.41) is 3.59. The molecule has 42 heavy (non-hydrogen) atoms. The van der Waals surface area contributed by atoms with Crippen LogP contribution in [0.15, 0.2) is 83.8 Å². The molecule has 6 nitrogen and oxygen atoms in total. The van der Waals surface area contributed by atoms with E-state index in [2.05, 4.69) is 5.32 Å². The van der Waals surface area contributed by atoms with E-state index >= 15 is 0 Å². The van der Waals surface area contributed by atoms with Crippen molar-refractivity contribution in [2.75, 3.05) is 6.54 Å². The molecule has 224 valence electrons. The van der Waals surface area contributed by atoms with E-state index in [1.54, 1.807) is 30.3 Å². The number of amides is 1. The Balaban J connectivity index is 1.80. The largest absolute Gasteiger partial charge is 0.416 e. The van der Waals surface area contributed by atoms with Crippen LogP contribution in [0.1, 0.15) is 67.3 Å². The Morgan fingerprint density at radius 3 is 2.40 bits per heavy atom. The Bertz CT molecular complexity index is 1530. The molecule has 5 rings (SSSR count). The summed E-state index contributed by atoms with van der Waals surface area (Å²) in [5.41, 5.74) is 5.75. The molecule has 0 spiro atoms. The number of fused-ring (bicyclic) bond motifs is 1. The summed E-state index contributed by atoms with van der Waals surface area (Å²) in [5.74, 6) is -0.224. The van der Waals surface area contributed by atoms with Crippen molar-refractivity contribution < 1.29 is 26.4 Å². The fourth-order valence-corrected chi connectivity index (χ4v) is 8.42. The minimum atomic E-state index is -4.74. The number of hydrogen-bond donors (Lipinski definition) is 2. The predicted octanol–water partition coefficient (Wildman–Crippen LogP) is 5.93. The monoisotopic (exact) mass is 599 g/mol. The first kappa shape index (κ1) is 30.3. The van der Waals surface area contributed by atoms with E-state index in [0.29, 0.717) is 36.9 Å². The van der Waals surface area contributed by atoms with Gasteiger partial charge in [-0.1, -0.05) is 60.7 Å². The van der Waals surface area contributed by atoms with Crippen LogP contribution in [-0.2, 0) is 33.0 Å². The molecule has 0 bridgehead atoms. The van der Waals surface area contributed by atoms with Crippen molar-refractivity contribution >= 4 is 15.9 Å². The smallest absolute Gasteiger partial charge is 0.370 e. The van der Waals surface area contributed by atoms with Gasteiger partial charge in [-0.05, 0) is 86.4 Å². The number of hydrogen-bond acceptors (Lipinski definition) is 4. The van der Waals surface area contributed by atoms with E-state index in [0.717, 1.165) is 42.5 Å². The van der Waals surface area contributed by atoms with Gasteiger partial charge >= 0.3 is 6.18 Å². The molecule has 1 saturated carbocycles. The number of nitrogens with one attached hydrogen (secondary N) is 1. The maximum atomic E-state index is 15.0. The molecule has 10 heteroatoms. The molecule has 3 N–H and O–H groups in total. The van der Waals surface area contributed by atoms with Crippen molar-refractivity contribution in [3.8, 4) is 0 Å². The zero-order valence-corrected chi connectivity index (χ0v) is 24.3. The molecule has 1 amide bonds. The quantitative estimate of drug-likeness (QED) is 0.286. The Morgan fingerprint density at radius 2 is 1.74 bits per heavy atom. The fraction of sp³-hybridized carbons (Fsp3) is 0.406. The highest BCUT2D eigenvalue weighted by molar-refractivity contribution is 7.89. The topological polar surface area (TPSA) is 92.5 Å². The Kier molecular flexibility index (Phi) is 8.51. The fourth-order valence-electron chi connectivity index (χ4n) is 6.36. The van der Waals surface area contributed by atoms with E-state index in [1.807, 2.05) is 31.2 Å². The van der Waals surface area contributed by atoms with Gasteiger partial charge in [0, 0.05) is 12.5 Å². The Hall–Kier alpha value is -3.21. The summed E-state index contributed by atoms with van der Waals surface area (Å²) in [7, 11) is -4.66. The SMILES string of the molecule is C[C@H](NCC1CC1)[C@]1(N([C@H](CC(N)=O)c2ccccc2)S(=O)(=O)c2cccc(C(F)(F)F)c2)CCCc2ccccc21. The minimum absolute atomic E-state index is 0.346. The standard InChI is InChI=1S/C32H36F3N3O3S/c1-22(37-21-23-16-17-23)31(18-8-12-24-9-5-6-15-28(24)31)38(29(20-30(36)39)25-10-3-2-4-11-25)42(40,41)27-14-7-13-26(19-27)32(33,34)35/h2-7,9-11,13-15,19,22-23,29,37H,8,12,16-18,20-21H2,1H3,(H2,36,39)/t22-,29+,31+/m0/s1. The van der Waals surface area contributed by atoms with E-state index in [4.69, 9.17) is 5.73 Å². The van der Waals surface area contributed by atoms with E-state index in [1.165, 1.54) is 10.4 Å². The maximum Gasteiger partial charge on any atom is 0.416 e. The maximum absolute atomic E-state index is 15.0. The number of rotatable bonds is 11. The average Bonchev–Trinajstić information content (AvgIpc) is 3.80. The van der Waals surface area contributed by atoms with Gasteiger partial charge in [-0.15, -0.1) is 0 Å². The number of nitrogens with zero attached hydrogens (tertiary/aromatic N) is 1. The summed E-state index contributed by atoms with van der Waals surface area (Å²) < 4.78 is 72.7. The average molecular weight is 600 g/mol. The summed E-state index contributed by atoms with van der Waals surface area (Å²) in [4.78, 5) is 12.1. The number of halogens is 3. The van der Waals surface area contributed by atoms with Gasteiger partial charge in [-0.2, -0.15) is 17.5 Å². The second-order valence-electron chi connectivity index (χ2n) is 11.4. The van der Waals surface area contributed by atoms with Crippen molar-refractivity contribution in [3.05, 3.63) is 101 Å². The summed E-state index contributed by atoms with van der Waals surface area (Å²) in [6, 6.07) is 18.7. The molecular weight excluding hydrogens is 563 g/mol. The lowest BCUT2D eigenvalue weighted by Crippen LogP contribution is -2.62. The van der Waals surface area contributed by atoms with Crippen molar-refractivity contribution in [2.24, 2.45) is 11.7 Å². The molecule has 0 heterocycles. The van der Waals surface area contributed by atoms with Gasteiger partial charge in [0.2, 0.25) is 15.9 Å². The zero-order chi connectivity index (χ0) is 30.1. The highest BCUT2D eigenvalue weighted by atomic mass is 32.2. The van der Waals surface area contributed by atoms with E-state index in [9.17, 15) is 26.4 Å². The van der Waals surface area contributed by atoms with Crippen LogP contribution >= 0.6 is 0 Å². The number of nitrogens with two attached hydrogens (primary N) is 1. The molecule has 2 aliphatic carbocycles. The summed E-state index contributed by atoms with van der Waals surface area (Å²) >= 11 is 0. The lowest BCUT2D eigenvalue weighted by atomic mass is 9.71. The highest BCUT2D eigenvalue weighted by Gasteiger charge is 2.54. The molecule has 3 aromatic carbocycles. The molecule has 3 atom stereocenters. The van der Waals surface area contributed by atoms with Crippen LogP contribution in [0.2, 0.25) is 0 Å². The van der Waals surface area contributed by atoms with Gasteiger partial charge in [-0.25, -0.2) is 8.42 Å². The van der Waals surface area contributed by atoms with Crippen LogP contribution in [0.3, 0.4) is 0 Å². The molecule has 0 aliphatic heterocycles. The van der Waals surface area contributed by atoms with Crippen LogP contribution in [0.4, 0.5) is 13.2 Å².